The van der Waals surface area contributed by atoms with Gasteiger partial charge in [0.15, 0.2) is 0 Å². The molecule has 0 heterocycles. The molecule has 0 saturated heterocycles. The lowest BCUT2D eigenvalue weighted by Crippen LogP contribution is -2.35. The average Bonchev–Trinajstić information content (AvgIpc) is 2.62. The van der Waals surface area contributed by atoms with Crippen LogP contribution in [0.25, 0.3) is 0 Å². The lowest BCUT2D eigenvalue weighted by atomic mass is 10.4. The first kappa shape index (κ1) is 15.6. The standard InChI is InChI=1S/C21H20OP/c1-18(22)17-23(19-11-5-2-6-12-19,20-13-7-3-8-14-20)21-15-9-4-10-16-21/h2-16H,17H2,1H3. The van der Waals surface area contributed by atoms with E-state index in [1.807, 2.05) is 18.2 Å². The SMILES string of the molecule is CC(=O)C[P](c1ccccc1)(c1ccccc1)c1ccccc1. The maximum atomic E-state index is 12.2. The van der Waals surface area contributed by atoms with Crippen LogP contribution in [0.4, 0.5) is 0 Å². The average molecular weight is 319 g/mol. The molecule has 0 atom stereocenters. The van der Waals surface area contributed by atoms with Gasteiger partial charge in [0.05, 0.1) is 0 Å². The molecule has 0 aliphatic carbocycles. The van der Waals surface area contributed by atoms with Crippen LogP contribution in [-0.4, -0.2) is 11.9 Å². The summed E-state index contributed by atoms with van der Waals surface area (Å²) in [6.07, 6.45) is 0.561. The number of carbonyl (C=O) groups is 1. The fraction of sp³-hybridized carbons (Fsp3) is 0.0952. The molecular formula is C21H20OP. The van der Waals surface area contributed by atoms with Gasteiger partial charge in [-0.25, -0.2) is 0 Å². The summed E-state index contributed by atoms with van der Waals surface area (Å²) in [5, 5.41) is 3.77. The van der Waals surface area contributed by atoms with Crippen molar-refractivity contribution in [1.29, 1.82) is 0 Å². The Hall–Kier alpha value is -2.24. The molecule has 0 unspecified atom stereocenters. The summed E-state index contributed by atoms with van der Waals surface area (Å²) in [5.41, 5.74) is 0. The molecule has 3 aromatic carbocycles. The summed E-state index contributed by atoms with van der Waals surface area (Å²) in [6, 6.07) is 31.5. The smallest absolute Gasteiger partial charge is 0.134 e. The summed E-state index contributed by atoms with van der Waals surface area (Å²) in [6.45, 7) is 1.70. The quantitative estimate of drug-likeness (QED) is 0.657. The fourth-order valence-electron chi connectivity index (χ4n) is 3.10. The van der Waals surface area contributed by atoms with Gasteiger partial charge in [-0.2, -0.15) is 0 Å². The first-order valence-electron chi connectivity index (χ1n) is 7.78. The first-order valence-corrected chi connectivity index (χ1v) is 9.75. The predicted octanol–water partition coefficient (Wildman–Crippen LogP) is 3.57. The first-order chi connectivity index (χ1) is 11.2. The second-order valence-corrected chi connectivity index (χ2v) is 9.16. The van der Waals surface area contributed by atoms with Crippen molar-refractivity contribution >= 4 is 29.0 Å². The third-order valence-corrected chi connectivity index (χ3v) is 8.51. The molecule has 115 valence electrons. The molecule has 0 aromatic heterocycles. The number of Topliss-reactive ketones (excluding diaryl/α,β-unsaturated/α-hetero) is 1. The van der Waals surface area contributed by atoms with E-state index < -0.39 is 7.26 Å². The van der Waals surface area contributed by atoms with Gasteiger partial charge in [-0.3, -0.25) is 4.79 Å². The maximum Gasteiger partial charge on any atom is 0.134 e. The molecule has 1 nitrogen and oxygen atoms in total. The van der Waals surface area contributed by atoms with Gasteiger partial charge >= 0.3 is 0 Å². The fourth-order valence-corrected chi connectivity index (χ4v) is 7.26. The van der Waals surface area contributed by atoms with E-state index in [1.54, 1.807) is 6.92 Å². The molecule has 0 bridgehead atoms. The van der Waals surface area contributed by atoms with E-state index in [9.17, 15) is 4.79 Å². The highest BCUT2D eigenvalue weighted by atomic mass is 31.2. The van der Waals surface area contributed by atoms with Gasteiger partial charge in [0.2, 0.25) is 0 Å². The van der Waals surface area contributed by atoms with Gasteiger partial charge in [-0.15, -0.1) is 0 Å². The van der Waals surface area contributed by atoms with Crippen molar-refractivity contribution in [1.82, 2.24) is 0 Å². The van der Waals surface area contributed by atoms with E-state index in [4.69, 9.17) is 0 Å². The lowest BCUT2D eigenvalue weighted by molar-refractivity contribution is -0.114. The third-order valence-electron chi connectivity index (χ3n) is 4.05. The lowest BCUT2D eigenvalue weighted by Gasteiger charge is -2.37. The van der Waals surface area contributed by atoms with Crippen molar-refractivity contribution in [3.05, 3.63) is 91.0 Å². The molecule has 1 radical (unpaired) electrons. The molecule has 0 fully saturated rings. The number of benzene rings is 3. The minimum Gasteiger partial charge on any atom is -0.300 e. The van der Waals surface area contributed by atoms with E-state index in [-0.39, 0.29) is 5.78 Å². The van der Waals surface area contributed by atoms with Crippen molar-refractivity contribution in [2.24, 2.45) is 0 Å². The van der Waals surface area contributed by atoms with Gasteiger partial charge in [-0.1, -0.05) is 91.0 Å². The normalized spacial score (nSPS) is 11.2. The van der Waals surface area contributed by atoms with Crippen LogP contribution in [0.3, 0.4) is 0 Å². The summed E-state index contributed by atoms with van der Waals surface area (Å²) >= 11 is 0. The molecule has 0 N–H and O–H groups in total. The number of rotatable bonds is 5. The molecule has 0 saturated carbocycles. The third kappa shape index (κ3) is 3.11. The molecule has 3 rings (SSSR count). The second-order valence-electron chi connectivity index (χ2n) is 5.68. The van der Waals surface area contributed by atoms with Crippen molar-refractivity contribution in [2.45, 2.75) is 6.92 Å². The molecule has 2 heteroatoms. The Bertz CT molecular complexity index is 670. The van der Waals surface area contributed by atoms with E-state index in [0.29, 0.717) is 6.16 Å². The van der Waals surface area contributed by atoms with Gasteiger partial charge in [0.1, 0.15) is 5.78 Å². The molecular weight excluding hydrogens is 299 g/mol. The summed E-state index contributed by atoms with van der Waals surface area (Å²) in [5.74, 6) is 0.231. The highest BCUT2D eigenvalue weighted by Gasteiger charge is 2.34. The molecule has 3 aromatic rings. The van der Waals surface area contributed by atoms with Crippen molar-refractivity contribution < 1.29 is 4.79 Å². The monoisotopic (exact) mass is 319 g/mol. The maximum absolute atomic E-state index is 12.2. The van der Waals surface area contributed by atoms with Crippen LogP contribution in [0.1, 0.15) is 6.92 Å². The Balaban J connectivity index is 2.32. The zero-order chi connectivity index (χ0) is 16.1. The molecule has 0 amide bonds. The van der Waals surface area contributed by atoms with Crippen LogP contribution >= 0.6 is 7.26 Å². The largest absolute Gasteiger partial charge is 0.300 e. The number of hydrogen-bond acceptors (Lipinski definition) is 1. The summed E-state index contributed by atoms with van der Waals surface area (Å²) in [4.78, 5) is 12.2. The minimum absolute atomic E-state index is 0.231. The van der Waals surface area contributed by atoms with Crippen LogP contribution in [0.15, 0.2) is 91.0 Å². The van der Waals surface area contributed by atoms with Gasteiger partial charge < -0.3 is 0 Å². The van der Waals surface area contributed by atoms with E-state index in [2.05, 4.69) is 72.8 Å². The van der Waals surface area contributed by atoms with Gasteiger partial charge in [-0.05, 0) is 30.1 Å². The number of ketones is 1. The zero-order valence-electron chi connectivity index (χ0n) is 13.2. The van der Waals surface area contributed by atoms with Crippen LogP contribution in [0, 0.1) is 0 Å². The highest BCUT2D eigenvalue weighted by molar-refractivity contribution is 7.96. The summed E-state index contributed by atoms with van der Waals surface area (Å²) in [7, 11) is -1.96. The molecule has 0 aliphatic heterocycles. The summed E-state index contributed by atoms with van der Waals surface area (Å²) < 4.78 is 0. The Morgan fingerprint density at radius 2 is 0.957 bits per heavy atom. The van der Waals surface area contributed by atoms with E-state index in [1.165, 1.54) is 15.9 Å². The topological polar surface area (TPSA) is 17.1 Å². The second kappa shape index (κ2) is 6.89. The number of hydrogen-bond donors (Lipinski definition) is 0. The number of carbonyl (C=O) groups excluding carboxylic acids is 1. The Morgan fingerprint density at radius 1 is 0.652 bits per heavy atom. The van der Waals surface area contributed by atoms with Gasteiger partial charge in [0.25, 0.3) is 0 Å². The van der Waals surface area contributed by atoms with Gasteiger partial charge in [0, 0.05) is 6.16 Å². The van der Waals surface area contributed by atoms with Crippen LogP contribution in [-0.2, 0) is 4.79 Å². The van der Waals surface area contributed by atoms with Crippen LogP contribution < -0.4 is 15.9 Å². The van der Waals surface area contributed by atoms with Crippen molar-refractivity contribution in [3.8, 4) is 0 Å². The van der Waals surface area contributed by atoms with E-state index >= 15 is 0 Å². The van der Waals surface area contributed by atoms with Crippen molar-refractivity contribution in [3.63, 3.8) is 0 Å². The van der Waals surface area contributed by atoms with E-state index in [0.717, 1.165) is 0 Å². The highest BCUT2D eigenvalue weighted by Crippen LogP contribution is 2.55. The Labute approximate surface area is 138 Å². The molecule has 0 spiro atoms. The van der Waals surface area contributed by atoms with Crippen LogP contribution in [0.2, 0.25) is 0 Å². The Morgan fingerprint density at radius 3 is 1.22 bits per heavy atom. The van der Waals surface area contributed by atoms with Crippen molar-refractivity contribution in [2.75, 3.05) is 6.16 Å². The Kier molecular flexibility index (Phi) is 4.69. The molecule has 0 aliphatic rings. The van der Waals surface area contributed by atoms with Crippen LogP contribution in [0.5, 0.6) is 0 Å². The molecule has 23 heavy (non-hydrogen) atoms. The zero-order valence-corrected chi connectivity index (χ0v) is 14.1. The minimum atomic E-state index is -1.96. The predicted molar refractivity (Wildman–Crippen MR) is 101 cm³/mol.